The average Bonchev–Trinajstić information content (AvgIpc) is 2.92. The number of carbonyl (C=O) groups is 1. The molecule has 1 amide bonds. The molecular formula is C28H27FN4O2. The normalized spacial score (nSPS) is 13.7. The van der Waals surface area contributed by atoms with E-state index in [1.54, 1.807) is 7.11 Å². The quantitative estimate of drug-likeness (QED) is 0.445. The molecule has 2 heterocycles. The molecule has 1 aromatic heterocycles. The van der Waals surface area contributed by atoms with Crippen molar-refractivity contribution in [2.75, 3.05) is 43.1 Å². The number of fused-ring (bicyclic) bond motifs is 1. The van der Waals surface area contributed by atoms with Gasteiger partial charge in [0.2, 0.25) is 0 Å². The summed E-state index contributed by atoms with van der Waals surface area (Å²) in [5.41, 5.74) is 2.53. The fourth-order valence-electron chi connectivity index (χ4n) is 4.50. The van der Waals surface area contributed by atoms with Crippen LogP contribution in [0.4, 0.5) is 15.9 Å². The van der Waals surface area contributed by atoms with Gasteiger partial charge in [-0.3, -0.25) is 4.79 Å². The Morgan fingerprint density at radius 1 is 0.971 bits per heavy atom. The molecular weight excluding hydrogens is 443 g/mol. The molecule has 178 valence electrons. The first-order valence-corrected chi connectivity index (χ1v) is 11.7. The Labute approximate surface area is 204 Å². The zero-order chi connectivity index (χ0) is 24.2. The number of carbonyl (C=O) groups excluding carboxylic acids is 1. The van der Waals surface area contributed by atoms with Gasteiger partial charge in [0, 0.05) is 61.1 Å². The Balaban J connectivity index is 1.32. The summed E-state index contributed by atoms with van der Waals surface area (Å²) in [6.07, 6.45) is 1.81. The molecule has 0 bridgehead atoms. The predicted octanol–water partition coefficient (Wildman–Crippen LogP) is 4.64. The smallest absolute Gasteiger partial charge is 0.251 e. The van der Waals surface area contributed by atoms with Crippen LogP contribution in [-0.2, 0) is 6.54 Å². The van der Waals surface area contributed by atoms with Gasteiger partial charge in [-0.15, -0.1) is 0 Å². The summed E-state index contributed by atoms with van der Waals surface area (Å²) in [6.45, 7) is 3.57. The van der Waals surface area contributed by atoms with Crippen molar-refractivity contribution < 1.29 is 13.9 Å². The Morgan fingerprint density at radius 2 is 1.71 bits per heavy atom. The van der Waals surface area contributed by atoms with Crippen LogP contribution in [0.15, 0.2) is 79.0 Å². The highest BCUT2D eigenvalue weighted by atomic mass is 19.1. The minimum atomic E-state index is -0.227. The molecule has 5 rings (SSSR count). The maximum absolute atomic E-state index is 13.3. The van der Waals surface area contributed by atoms with Gasteiger partial charge in [0.05, 0.1) is 7.11 Å². The minimum absolute atomic E-state index is 0.145. The van der Waals surface area contributed by atoms with E-state index in [4.69, 9.17) is 4.74 Å². The van der Waals surface area contributed by atoms with Crippen LogP contribution in [0.3, 0.4) is 0 Å². The van der Waals surface area contributed by atoms with Gasteiger partial charge in [-0.1, -0.05) is 24.3 Å². The molecule has 1 N–H and O–H groups in total. The standard InChI is InChI=1S/C28H27FN4O2/c1-35-26-5-3-2-4-22(26)19-31-28(34)21-7-6-20-12-13-30-27(25(20)18-21)33-16-14-32(15-17-33)24-10-8-23(29)9-11-24/h2-13,18H,14-17,19H2,1H3,(H,31,34). The topological polar surface area (TPSA) is 57.7 Å². The first-order chi connectivity index (χ1) is 17.1. The van der Waals surface area contributed by atoms with Crippen molar-refractivity contribution in [2.45, 2.75) is 6.54 Å². The molecule has 4 aromatic rings. The van der Waals surface area contributed by atoms with Gasteiger partial charge >= 0.3 is 0 Å². The van der Waals surface area contributed by atoms with E-state index in [0.717, 1.165) is 59.8 Å². The molecule has 3 aromatic carbocycles. The number of amides is 1. The van der Waals surface area contributed by atoms with E-state index >= 15 is 0 Å². The van der Waals surface area contributed by atoms with Gasteiger partial charge in [-0.25, -0.2) is 9.37 Å². The minimum Gasteiger partial charge on any atom is -0.496 e. The van der Waals surface area contributed by atoms with Gasteiger partial charge in [-0.2, -0.15) is 0 Å². The van der Waals surface area contributed by atoms with Crippen LogP contribution in [-0.4, -0.2) is 44.2 Å². The van der Waals surface area contributed by atoms with Gasteiger partial charge in [0.15, 0.2) is 0 Å². The predicted molar refractivity (Wildman–Crippen MR) is 137 cm³/mol. The van der Waals surface area contributed by atoms with Crippen LogP contribution in [0.5, 0.6) is 5.75 Å². The maximum atomic E-state index is 13.3. The summed E-state index contributed by atoms with van der Waals surface area (Å²) >= 11 is 0. The lowest BCUT2D eigenvalue weighted by Crippen LogP contribution is -2.46. The van der Waals surface area contributed by atoms with E-state index in [-0.39, 0.29) is 11.7 Å². The lowest BCUT2D eigenvalue weighted by molar-refractivity contribution is 0.0951. The summed E-state index contributed by atoms with van der Waals surface area (Å²) in [5.74, 6) is 1.25. The highest BCUT2D eigenvalue weighted by Gasteiger charge is 2.20. The summed E-state index contributed by atoms with van der Waals surface area (Å²) in [5, 5.41) is 4.99. The molecule has 0 unspecified atom stereocenters. The second kappa shape index (κ2) is 10.0. The molecule has 0 saturated carbocycles. The lowest BCUT2D eigenvalue weighted by Gasteiger charge is -2.37. The van der Waals surface area contributed by atoms with Crippen LogP contribution in [0.2, 0.25) is 0 Å². The van der Waals surface area contributed by atoms with Crippen molar-refractivity contribution in [3.8, 4) is 5.75 Å². The summed E-state index contributed by atoms with van der Waals surface area (Å²) < 4.78 is 18.7. The summed E-state index contributed by atoms with van der Waals surface area (Å²) in [4.78, 5) is 22.1. The van der Waals surface area contributed by atoms with Gasteiger partial charge in [-0.05, 0) is 53.9 Å². The largest absolute Gasteiger partial charge is 0.496 e. The number of nitrogens with one attached hydrogen (secondary N) is 1. The number of piperazine rings is 1. The summed E-state index contributed by atoms with van der Waals surface area (Å²) in [7, 11) is 1.62. The van der Waals surface area contributed by atoms with E-state index in [9.17, 15) is 9.18 Å². The van der Waals surface area contributed by atoms with Crippen molar-refractivity contribution in [3.63, 3.8) is 0 Å². The molecule has 0 spiro atoms. The second-order valence-corrected chi connectivity index (χ2v) is 8.52. The lowest BCUT2D eigenvalue weighted by atomic mass is 10.1. The van der Waals surface area contributed by atoms with E-state index in [1.807, 2.05) is 66.9 Å². The number of hydrogen-bond donors (Lipinski definition) is 1. The van der Waals surface area contributed by atoms with Crippen LogP contribution >= 0.6 is 0 Å². The number of benzene rings is 3. The number of pyridine rings is 1. The highest BCUT2D eigenvalue weighted by Crippen LogP contribution is 2.28. The van der Waals surface area contributed by atoms with Crippen LogP contribution in [0.1, 0.15) is 15.9 Å². The van der Waals surface area contributed by atoms with Crippen molar-refractivity contribution >= 4 is 28.2 Å². The molecule has 1 saturated heterocycles. The van der Waals surface area contributed by atoms with Crippen molar-refractivity contribution in [2.24, 2.45) is 0 Å². The SMILES string of the molecule is COc1ccccc1CNC(=O)c1ccc2ccnc(N3CCN(c4ccc(F)cc4)CC3)c2c1. The number of hydrogen-bond acceptors (Lipinski definition) is 5. The van der Waals surface area contributed by atoms with Crippen molar-refractivity contribution in [1.82, 2.24) is 10.3 Å². The number of methoxy groups -OCH3 is 1. The van der Waals surface area contributed by atoms with Gasteiger partial charge < -0.3 is 19.9 Å². The summed E-state index contributed by atoms with van der Waals surface area (Å²) in [6, 6.07) is 22.0. The number of aromatic nitrogens is 1. The number of nitrogens with zero attached hydrogens (tertiary/aromatic N) is 3. The monoisotopic (exact) mass is 470 g/mol. The molecule has 0 aliphatic carbocycles. The number of ether oxygens (including phenoxy) is 1. The van der Waals surface area contributed by atoms with Gasteiger partial charge in [0.1, 0.15) is 17.4 Å². The molecule has 6 nitrogen and oxygen atoms in total. The van der Waals surface area contributed by atoms with E-state index in [1.165, 1.54) is 12.1 Å². The molecule has 35 heavy (non-hydrogen) atoms. The van der Waals surface area contributed by atoms with Crippen LogP contribution in [0, 0.1) is 5.82 Å². The Kier molecular flexibility index (Phi) is 6.48. The van der Waals surface area contributed by atoms with Crippen LogP contribution < -0.4 is 19.9 Å². The fraction of sp³-hybridized carbons (Fsp3) is 0.214. The number of rotatable bonds is 6. The number of para-hydroxylation sites is 1. The maximum Gasteiger partial charge on any atom is 0.251 e. The molecule has 0 atom stereocenters. The third kappa shape index (κ3) is 4.89. The van der Waals surface area contributed by atoms with Crippen LogP contribution in [0.25, 0.3) is 10.8 Å². The molecule has 1 aliphatic rings. The fourth-order valence-corrected chi connectivity index (χ4v) is 4.50. The third-order valence-electron chi connectivity index (χ3n) is 6.41. The van der Waals surface area contributed by atoms with E-state index in [0.29, 0.717) is 12.1 Å². The first kappa shape index (κ1) is 22.7. The molecule has 1 fully saturated rings. The number of halogens is 1. The number of anilines is 2. The Morgan fingerprint density at radius 3 is 2.49 bits per heavy atom. The molecule has 0 radical (unpaired) electrons. The van der Waals surface area contributed by atoms with E-state index < -0.39 is 0 Å². The Bertz CT molecular complexity index is 1330. The van der Waals surface area contributed by atoms with Crippen molar-refractivity contribution in [3.05, 3.63) is 95.9 Å². The second-order valence-electron chi connectivity index (χ2n) is 8.52. The first-order valence-electron chi connectivity index (χ1n) is 11.7. The molecule has 7 heteroatoms. The zero-order valence-corrected chi connectivity index (χ0v) is 19.6. The zero-order valence-electron chi connectivity index (χ0n) is 19.6. The Hall–Kier alpha value is -4.13. The highest BCUT2D eigenvalue weighted by molar-refractivity contribution is 6.01. The van der Waals surface area contributed by atoms with Gasteiger partial charge in [0.25, 0.3) is 5.91 Å². The van der Waals surface area contributed by atoms with Crippen molar-refractivity contribution in [1.29, 1.82) is 0 Å². The molecule has 1 aliphatic heterocycles. The van der Waals surface area contributed by atoms with E-state index in [2.05, 4.69) is 20.1 Å². The average molecular weight is 471 g/mol. The third-order valence-corrected chi connectivity index (χ3v) is 6.41.